The molecule has 0 aliphatic heterocycles. The molecule has 6 heteroatoms. The Morgan fingerprint density at radius 2 is 0.885 bits per heavy atom. The first kappa shape index (κ1) is 25.5. The third-order valence-corrected chi connectivity index (χ3v) is 3.49. The van der Waals surface area contributed by atoms with Gasteiger partial charge in [-0.05, 0) is 6.42 Å². The van der Waals surface area contributed by atoms with Crippen molar-refractivity contribution in [3.8, 4) is 0 Å². The van der Waals surface area contributed by atoms with Crippen LogP contribution in [0.2, 0.25) is 0 Å². The van der Waals surface area contributed by atoms with Crippen LogP contribution in [0, 0.1) is 0 Å². The zero-order valence-corrected chi connectivity index (χ0v) is 16.8. The third-order valence-electron chi connectivity index (χ3n) is 3.49. The van der Waals surface area contributed by atoms with Crippen LogP contribution in [0.1, 0.15) is 39.0 Å². The summed E-state index contributed by atoms with van der Waals surface area (Å²) < 4.78 is 32.3. The fourth-order valence-electron chi connectivity index (χ4n) is 2.07. The Morgan fingerprint density at radius 3 is 1.31 bits per heavy atom. The summed E-state index contributed by atoms with van der Waals surface area (Å²) >= 11 is 0. The normalized spacial score (nSPS) is 11.1. The van der Waals surface area contributed by atoms with E-state index in [2.05, 4.69) is 13.5 Å². The van der Waals surface area contributed by atoms with Gasteiger partial charge in [0.1, 0.15) is 0 Å². The molecule has 0 rings (SSSR count). The molecular formula is C20H40O6. The standard InChI is InChI=1S/C20H40O6/c1-3-5-6-7-8-10-22-12-14-24-16-18-26-20-19-25-17-15-23-13-11-21-9-4-2/h4H,2-3,5-20H2,1H3. The topological polar surface area (TPSA) is 55.4 Å². The lowest BCUT2D eigenvalue weighted by atomic mass is 10.2. The van der Waals surface area contributed by atoms with E-state index in [9.17, 15) is 0 Å². The van der Waals surface area contributed by atoms with Crippen molar-refractivity contribution in [2.75, 3.05) is 79.3 Å². The van der Waals surface area contributed by atoms with E-state index in [1.165, 1.54) is 25.7 Å². The average molecular weight is 377 g/mol. The molecular weight excluding hydrogens is 336 g/mol. The maximum atomic E-state index is 5.52. The number of hydrogen-bond acceptors (Lipinski definition) is 6. The van der Waals surface area contributed by atoms with E-state index in [4.69, 9.17) is 28.4 Å². The van der Waals surface area contributed by atoms with Crippen molar-refractivity contribution in [1.82, 2.24) is 0 Å². The van der Waals surface area contributed by atoms with Gasteiger partial charge in [0, 0.05) is 6.61 Å². The smallest absolute Gasteiger partial charge is 0.0704 e. The van der Waals surface area contributed by atoms with Crippen molar-refractivity contribution < 1.29 is 28.4 Å². The first-order chi connectivity index (χ1) is 12.9. The summed E-state index contributed by atoms with van der Waals surface area (Å²) in [6.45, 7) is 13.1. The molecule has 0 bridgehead atoms. The predicted octanol–water partition coefficient (Wildman–Crippen LogP) is 3.24. The highest BCUT2D eigenvalue weighted by Crippen LogP contribution is 2.02. The Hall–Kier alpha value is -0.500. The van der Waals surface area contributed by atoms with Crippen molar-refractivity contribution >= 4 is 0 Å². The van der Waals surface area contributed by atoms with Crippen molar-refractivity contribution in [1.29, 1.82) is 0 Å². The molecule has 0 saturated heterocycles. The van der Waals surface area contributed by atoms with Crippen LogP contribution in [0.4, 0.5) is 0 Å². The average Bonchev–Trinajstić information content (AvgIpc) is 2.66. The van der Waals surface area contributed by atoms with Gasteiger partial charge in [-0.25, -0.2) is 0 Å². The zero-order chi connectivity index (χ0) is 19.0. The van der Waals surface area contributed by atoms with Crippen LogP contribution in [0.5, 0.6) is 0 Å². The maximum Gasteiger partial charge on any atom is 0.0704 e. The lowest BCUT2D eigenvalue weighted by Gasteiger charge is -2.08. The van der Waals surface area contributed by atoms with Gasteiger partial charge >= 0.3 is 0 Å². The fourth-order valence-corrected chi connectivity index (χ4v) is 2.07. The van der Waals surface area contributed by atoms with Gasteiger partial charge in [-0.15, -0.1) is 6.58 Å². The summed E-state index contributed by atoms with van der Waals surface area (Å²) in [7, 11) is 0. The molecule has 0 amide bonds. The Balaban J connectivity index is 2.96. The summed E-state index contributed by atoms with van der Waals surface area (Å²) in [6, 6.07) is 0. The zero-order valence-electron chi connectivity index (χ0n) is 16.8. The lowest BCUT2D eigenvalue weighted by Crippen LogP contribution is -2.14. The van der Waals surface area contributed by atoms with Crippen molar-refractivity contribution in [3.05, 3.63) is 12.7 Å². The van der Waals surface area contributed by atoms with Gasteiger partial charge in [0.05, 0.1) is 72.7 Å². The van der Waals surface area contributed by atoms with E-state index in [1.807, 2.05) is 0 Å². The fraction of sp³-hybridized carbons (Fsp3) is 0.900. The van der Waals surface area contributed by atoms with Crippen molar-refractivity contribution in [2.45, 2.75) is 39.0 Å². The quantitative estimate of drug-likeness (QED) is 0.202. The van der Waals surface area contributed by atoms with E-state index in [1.54, 1.807) is 6.08 Å². The van der Waals surface area contributed by atoms with Gasteiger partial charge in [-0.2, -0.15) is 0 Å². The lowest BCUT2D eigenvalue weighted by molar-refractivity contribution is -0.0158. The summed E-state index contributed by atoms with van der Waals surface area (Å²) in [5.41, 5.74) is 0. The summed E-state index contributed by atoms with van der Waals surface area (Å²) in [4.78, 5) is 0. The van der Waals surface area contributed by atoms with E-state index in [0.29, 0.717) is 72.7 Å². The molecule has 0 aliphatic rings. The Bertz CT molecular complexity index is 263. The second-order valence-corrected chi connectivity index (χ2v) is 5.84. The third kappa shape index (κ3) is 23.5. The van der Waals surface area contributed by atoms with Gasteiger partial charge in [-0.3, -0.25) is 0 Å². The van der Waals surface area contributed by atoms with Crippen molar-refractivity contribution in [2.24, 2.45) is 0 Å². The van der Waals surface area contributed by atoms with Crippen LogP contribution in [0.25, 0.3) is 0 Å². The van der Waals surface area contributed by atoms with E-state index in [-0.39, 0.29) is 0 Å². The second kappa shape index (κ2) is 24.5. The SMILES string of the molecule is C=CCOCCOCCOCCOCCOCCOCCCCCCC. The molecule has 0 fully saturated rings. The molecule has 0 heterocycles. The number of unbranched alkanes of at least 4 members (excludes halogenated alkanes) is 4. The first-order valence-electron chi connectivity index (χ1n) is 9.99. The highest BCUT2D eigenvalue weighted by molar-refractivity contribution is 4.63. The summed E-state index contributed by atoms with van der Waals surface area (Å²) in [6.07, 6.45) is 8.06. The largest absolute Gasteiger partial charge is 0.379 e. The molecule has 0 radical (unpaired) electrons. The second-order valence-electron chi connectivity index (χ2n) is 5.84. The molecule has 0 spiro atoms. The highest BCUT2D eigenvalue weighted by Gasteiger charge is 1.94. The van der Waals surface area contributed by atoms with E-state index < -0.39 is 0 Å². The Kier molecular flexibility index (Phi) is 24.0. The molecule has 0 unspecified atom stereocenters. The minimum absolute atomic E-state index is 0.563. The van der Waals surface area contributed by atoms with E-state index >= 15 is 0 Å². The summed E-state index contributed by atoms with van der Waals surface area (Å²) in [5.74, 6) is 0. The van der Waals surface area contributed by atoms with Crippen molar-refractivity contribution in [3.63, 3.8) is 0 Å². The number of hydrogen-bond donors (Lipinski definition) is 0. The van der Waals surface area contributed by atoms with Crippen LogP contribution in [0.3, 0.4) is 0 Å². The van der Waals surface area contributed by atoms with Crippen LogP contribution in [0.15, 0.2) is 12.7 Å². The van der Waals surface area contributed by atoms with Crippen LogP contribution in [-0.2, 0) is 28.4 Å². The minimum atomic E-state index is 0.563. The minimum Gasteiger partial charge on any atom is -0.379 e. The van der Waals surface area contributed by atoms with Gasteiger partial charge in [0.15, 0.2) is 0 Å². The molecule has 0 atom stereocenters. The highest BCUT2D eigenvalue weighted by atomic mass is 16.6. The first-order valence-corrected chi connectivity index (χ1v) is 9.99. The maximum absolute atomic E-state index is 5.52. The van der Waals surface area contributed by atoms with Gasteiger partial charge in [0.2, 0.25) is 0 Å². The number of ether oxygens (including phenoxy) is 6. The van der Waals surface area contributed by atoms with Gasteiger partial charge in [0.25, 0.3) is 0 Å². The molecule has 0 aromatic carbocycles. The van der Waals surface area contributed by atoms with E-state index in [0.717, 1.165) is 13.0 Å². The monoisotopic (exact) mass is 376 g/mol. The van der Waals surface area contributed by atoms with Crippen LogP contribution in [-0.4, -0.2) is 79.3 Å². The molecule has 0 aromatic heterocycles. The predicted molar refractivity (Wildman–Crippen MR) is 104 cm³/mol. The van der Waals surface area contributed by atoms with Gasteiger partial charge in [-0.1, -0.05) is 38.7 Å². The van der Waals surface area contributed by atoms with Crippen LogP contribution >= 0.6 is 0 Å². The Labute approximate surface area is 160 Å². The number of rotatable bonds is 23. The molecule has 0 N–H and O–H groups in total. The van der Waals surface area contributed by atoms with Gasteiger partial charge < -0.3 is 28.4 Å². The Morgan fingerprint density at radius 1 is 0.500 bits per heavy atom. The molecule has 0 aliphatic carbocycles. The molecule has 0 aromatic rings. The van der Waals surface area contributed by atoms with Crippen LogP contribution < -0.4 is 0 Å². The molecule has 0 saturated carbocycles. The summed E-state index contributed by atoms with van der Waals surface area (Å²) in [5, 5.41) is 0. The molecule has 6 nitrogen and oxygen atoms in total. The molecule has 156 valence electrons. The molecule has 26 heavy (non-hydrogen) atoms.